The van der Waals surface area contributed by atoms with Crippen LogP contribution in [0.4, 0.5) is 11.4 Å². The van der Waals surface area contributed by atoms with Gasteiger partial charge in [-0.15, -0.1) is 0 Å². The van der Waals surface area contributed by atoms with Crippen molar-refractivity contribution in [3.63, 3.8) is 0 Å². The fourth-order valence-corrected chi connectivity index (χ4v) is 3.97. The number of ketones is 1. The summed E-state index contributed by atoms with van der Waals surface area (Å²) in [7, 11) is 0. The molecule has 1 amide bonds. The minimum Gasteiger partial charge on any atom is -0.508 e. The number of carbonyl (C=O) groups excluding carboxylic acids is 3. The van der Waals surface area contributed by atoms with Crippen molar-refractivity contribution in [3.8, 4) is 5.75 Å². The Morgan fingerprint density at radius 1 is 1.03 bits per heavy atom. The van der Waals surface area contributed by atoms with Gasteiger partial charge in [0, 0.05) is 23.4 Å². The number of hydrogen-bond donors (Lipinski definition) is 2. The van der Waals surface area contributed by atoms with Gasteiger partial charge < -0.3 is 14.9 Å². The molecule has 2 N–H and O–H groups in total. The highest BCUT2D eigenvalue weighted by molar-refractivity contribution is 6.51. The zero-order valence-electron chi connectivity index (χ0n) is 19.0. The molecule has 4 rings (SSSR count). The normalized spacial score (nSPS) is 16.7. The van der Waals surface area contributed by atoms with Gasteiger partial charge >= 0.3 is 5.97 Å². The first-order valence-corrected chi connectivity index (χ1v) is 10.8. The number of carbonyl (C=O) groups is 3. The Morgan fingerprint density at radius 2 is 1.69 bits per heavy atom. The zero-order chi connectivity index (χ0) is 26.0. The van der Waals surface area contributed by atoms with Crippen LogP contribution in [0, 0.1) is 10.1 Å². The van der Waals surface area contributed by atoms with Gasteiger partial charge in [-0.2, -0.15) is 0 Å². The van der Waals surface area contributed by atoms with Gasteiger partial charge in [-0.1, -0.05) is 24.3 Å². The first-order chi connectivity index (χ1) is 17.2. The largest absolute Gasteiger partial charge is 0.508 e. The summed E-state index contributed by atoms with van der Waals surface area (Å²) in [6.07, 6.45) is 0. The van der Waals surface area contributed by atoms with E-state index in [2.05, 4.69) is 0 Å². The number of benzene rings is 3. The molecule has 0 bridgehead atoms. The molecule has 0 spiro atoms. The van der Waals surface area contributed by atoms with Crippen LogP contribution in [0.5, 0.6) is 5.75 Å². The Balaban J connectivity index is 1.87. The lowest BCUT2D eigenvalue weighted by Crippen LogP contribution is -2.29. The second-order valence-electron chi connectivity index (χ2n) is 7.84. The topological polar surface area (TPSA) is 147 Å². The van der Waals surface area contributed by atoms with Crippen molar-refractivity contribution < 1.29 is 34.3 Å². The molecular weight excluding hydrogens is 468 g/mol. The Kier molecular flexibility index (Phi) is 6.51. The predicted molar refractivity (Wildman–Crippen MR) is 128 cm³/mol. The molecule has 3 aromatic rings. The van der Waals surface area contributed by atoms with Crippen LogP contribution in [0.2, 0.25) is 0 Å². The molecule has 10 heteroatoms. The monoisotopic (exact) mass is 488 g/mol. The average molecular weight is 488 g/mol. The van der Waals surface area contributed by atoms with Crippen LogP contribution >= 0.6 is 0 Å². The van der Waals surface area contributed by atoms with Gasteiger partial charge in [0.1, 0.15) is 11.5 Å². The van der Waals surface area contributed by atoms with Crippen LogP contribution in [-0.2, 0) is 14.3 Å². The van der Waals surface area contributed by atoms with Gasteiger partial charge in [-0.05, 0) is 48.9 Å². The van der Waals surface area contributed by atoms with Crippen molar-refractivity contribution >= 4 is 34.8 Å². The highest BCUT2D eigenvalue weighted by atomic mass is 16.6. The summed E-state index contributed by atoms with van der Waals surface area (Å²) >= 11 is 0. The van der Waals surface area contributed by atoms with E-state index in [1.165, 1.54) is 66.7 Å². The number of ether oxygens (including phenoxy) is 1. The molecule has 3 aromatic carbocycles. The third-order valence-electron chi connectivity index (χ3n) is 5.64. The minimum atomic E-state index is -1.11. The summed E-state index contributed by atoms with van der Waals surface area (Å²) in [6, 6.07) is 15.5. The fourth-order valence-electron chi connectivity index (χ4n) is 3.97. The Bertz CT molecular complexity index is 1390. The van der Waals surface area contributed by atoms with Crippen molar-refractivity contribution in [3.05, 3.63) is 105 Å². The van der Waals surface area contributed by atoms with Gasteiger partial charge in [0.2, 0.25) is 0 Å². The van der Waals surface area contributed by atoms with Gasteiger partial charge in [-0.25, -0.2) is 4.79 Å². The van der Waals surface area contributed by atoms with Crippen LogP contribution in [0.15, 0.2) is 78.4 Å². The number of Topliss-reactive ketones (excluding diaryl/α,β-unsaturated/α-hetero) is 1. The number of amides is 1. The summed E-state index contributed by atoms with van der Waals surface area (Å²) in [6.45, 7) is 1.86. The SMILES string of the molecule is CCOC(=O)c1ccc(N2C(=O)C(=O)/C(=C(\O)c3cccc([N+](=O)[O-])c3)C2c2ccc(O)cc2)cc1. The van der Waals surface area contributed by atoms with Gasteiger partial charge in [0.05, 0.1) is 28.7 Å². The van der Waals surface area contributed by atoms with E-state index in [4.69, 9.17) is 4.74 Å². The number of non-ortho nitro benzene ring substituents is 1. The lowest BCUT2D eigenvalue weighted by atomic mass is 9.95. The third kappa shape index (κ3) is 4.39. The molecule has 0 aliphatic carbocycles. The molecule has 1 atom stereocenters. The number of phenolic OH excluding ortho intramolecular Hbond substituents is 1. The van der Waals surface area contributed by atoms with Crippen LogP contribution in [0.3, 0.4) is 0 Å². The molecule has 1 saturated heterocycles. The van der Waals surface area contributed by atoms with Crippen LogP contribution in [-0.4, -0.2) is 39.4 Å². The van der Waals surface area contributed by atoms with E-state index in [-0.39, 0.29) is 40.4 Å². The van der Waals surface area contributed by atoms with Crippen molar-refractivity contribution in [2.45, 2.75) is 13.0 Å². The van der Waals surface area contributed by atoms with E-state index < -0.39 is 34.4 Å². The number of aliphatic hydroxyl groups is 1. The molecule has 0 aromatic heterocycles. The summed E-state index contributed by atoms with van der Waals surface area (Å²) in [5, 5.41) is 32.0. The molecular formula is C26H20N2O8. The fraction of sp³-hybridized carbons (Fsp3) is 0.115. The highest BCUT2D eigenvalue weighted by Crippen LogP contribution is 2.42. The van der Waals surface area contributed by atoms with Gasteiger partial charge in [0.25, 0.3) is 17.4 Å². The smallest absolute Gasteiger partial charge is 0.338 e. The van der Waals surface area contributed by atoms with E-state index >= 15 is 0 Å². The van der Waals surface area contributed by atoms with Gasteiger partial charge in [0.15, 0.2) is 0 Å². The molecule has 182 valence electrons. The predicted octanol–water partition coefficient (Wildman–Crippen LogP) is 4.10. The number of aromatic hydroxyl groups is 1. The van der Waals surface area contributed by atoms with E-state index in [9.17, 15) is 34.7 Å². The second kappa shape index (κ2) is 9.71. The number of nitrogens with zero attached hydrogens (tertiary/aromatic N) is 2. The third-order valence-corrected chi connectivity index (χ3v) is 5.64. The summed E-state index contributed by atoms with van der Waals surface area (Å²) in [4.78, 5) is 50.1. The molecule has 36 heavy (non-hydrogen) atoms. The molecule has 1 heterocycles. The van der Waals surface area contributed by atoms with E-state index in [0.29, 0.717) is 5.56 Å². The number of phenols is 1. The summed E-state index contributed by atoms with van der Waals surface area (Å²) in [5.74, 6) is -3.11. The van der Waals surface area contributed by atoms with Crippen LogP contribution < -0.4 is 4.90 Å². The number of aliphatic hydroxyl groups excluding tert-OH is 1. The number of esters is 1. The Morgan fingerprint density at radius 3 is 2.31 bits per heavy atom. The summed E-state index contributed by atoms with van der Waals surface area (Å²) in [5.41, 5.74) is 0.318. The number of rotatable bonds is 6. The highest BCUT2D eigenvalue weighted by Gasteiger charge is 2.47. The molecule has 1 aliphatic heterocycles. The van der Waals surface area contributed by atoms with Crippen molar-refractivity contribution in [1.29, 1.82) is 0 Å². The van der Waals surface area contributed by atoms with Crippen molar-refractivity contribution in [2.75, 3.05) is 11.5 Å². The quantitative estimate of drug-likeness (QED) is 0.132. The van der Waals surface area contributed by atoms with E-state index in [1.54, 1.807) is 6.92 Å². The van der Waals surface area contributed by atoms with Crippen molar-refractivity contribution in [1.82, 2.24) is 0 Å². The van der Waals surface area contributed by atoms with Gasteiger partial charge in [-0.3, -0.25) is 24.6 Å². The minimum absolute atomic E-state index is 0.0105. The molecule has 0 saturated carbocycles. The number of nitro groups is 1. The maximum Gasteiger partial charge on any atom is 0.338 e. The van der Waals surface area contributed by atoms with Crippen LogP contribution in [0.1, 0.15) is 34.5 Å². The van der Waals surface area contributed by atoms with E-state index in [0.717, 1.165) is 11.0 Å². The van der Waals surface area contributed by atoms with E-state index in [1.807, 2.05) is 0 Å². The molecule has 0 radical (unpaired) electrons. The maximum atomic E-state index is 13.2. The lowest BCUT2D eigenvalue weighted by Gasteiger charge is -2.25. The standard InChI is InChI=1S/C26H20N2O8/c1-2-36-26(33)16-6-10-18(11-7-16)27-22(15-8-12-20(29)13-9-15)21(24(31)25(27)32)23(30)17-4-3-5-19(14-17)28(34)35/h3-14,22,29-30H,2H2,1H3/b23-21-. The Hall–Kier alpha value is -4.99. The molecule has 10 nitrogen and oxygen atoms in total. The zero-order valence-corrected chi connectivity index (χ0v) is 19.0. The maximum absolute atomic E-state index is 13.2. The average Bonchev–Trinajstić information content (AvgIpc) is 3.14. The number of hydrogen-bond acceptors (Lipinski definition) is 8. The molecule has 1 aliphatic rings. The molecule has 1 unspecified atom stereocenters. The van der Waals surface area contributed by atoms with Crippen molar-refractivity contribution in [2.24, 2.45) is 0 Å². The second-order valence-corrected chi connectivity index (χ2v) is 7.84. The first-order valence-electron chi connectivity index (χ1n) is 10.8. The lowest BCUT2D eigenvalue weighted by molar-refractivity contribution is -0.384. The summed E-state index contributed by atoms with van der Waals surface area (Å²) < 4.78 is 4.97. The Labute approximate surface area is 204 Å². The first kappa shape index (κ1) is 24.1. The molecule has 1 fully saturated rings. The number of anilines is 1. The number of nitro benzene ring substituents is 1. The van der Waals surface area contributed by atoms with Crippen LogP contribution in [0.25, 0.3) is 5.76 Å².